The quantitative estimate of drug-likeness (QED) is 0.291. The van der Waals surface area contributed by atoms with E-state index in [-0.39, 0.29) is 22.0 Å². The van der Waals surface area contributed by atoms with Crippen molar-refractivity contribution >= 4 is 81.2 Å². The zero-order valence-electron chi connectivity index (χ0n) is 17.8. The van der Waals surface area contributed by atoms with Gasteiger partial charge in [0.1, 0.15) is 4.33 Å². The van der Waals surface area contributed by atoms with Crippen molar-refractivity contribution in [1.82, 2.24) is 0 Å². The van der Waals surface area contributed by atoms with Gasteiger partial charge in [0.2, 0.25) is 5.91 Å². The molecule has 4 rings (SSSR count). The van der Waals surface area contributed by atoms with Gasteiger partial charge in [0.15, 0.2) is 0 Å². The van der Waals surface area contributed by atoms with Gasteiger partial charge in [-0.3, -0.25) is 9.59 Å². The molecule has 4 nitrogen and oxygen atoms in total. The Kier molecular flexibility index (Phi) is 7.43. The lowest BCUT2D eigenvalue weighted by Crippen LogP contribution is -2.18. The van der Waals surface area contributed by atoms with Gasteiger partial charge in [-0.15, -0.1) is 23.2 Å². The first-order valence-electron chi connectivity index (χ1n) is 10.2. The molecule has 0 bridgehead atoms. The zero-order chi connectivity index (χ0) is 26.4. The monoisotopic (exact) mass is 594 g/mol. The van der Waals surface area contributed by atoms with Gasteiger partial charge in [-0.1, -0.05) is 40.9 Å². The van der Waals surface area contributed by atoms with E-state index in [1.165, 1.54) is 30.3 Å². The van der Waals surface area contributed by atoms with Crippen LogP contribution in [0.3, 0.4) is 0 Å². The second-order valence-corrected chi connectivity index (χ2v) is 10.8. The van der Waals surface area contributed by atoms with Crippen molar-refractivity contribution < 1.29 is 22.8 Å². The molecule has 12 heteroatoms. The lowest BCUT2D eigenvalue weighted by molar-refractivity contribution is -0.137. The van der Waals surface area contributed by atoms with E-state index in [1.807, 2.05) is 0 Å². The van der Waals surface area contributed by atoms with Crippen molar-refractivity contribution in [2.24, 2.45) is 5.92 Å². The van der Waals surface area contributed by atoms with Gasteiger partial charge in [-0.25, -0.2) is 0 Å². The fourth-order valence-electron chi connectivity index (χ4n) is 3.77. The van der Waals surface area contributed by atoms with Crippen LogP contribution in [0.4, 0.5) is 24.5 Å². The highest BCUT2D eigenvalue weighted by Gasteiger charge is 2.67. The van der Waals surface area contributed by atoms with E-state index in [9.17, 15) is 22.8 Å². The number of carbonyl (C=O) groups is 2. The van der Waals surface area contributed by atoms with Crippen molar-refractivity contribution in [1.29, 1.82) is 0 Å². The van der Waals surface area contributed by atoms with Crippen LogP contribution in [0, 0.1) is 5.92 Å². The Balaban J connectivity index is 1.50. The highest BCUT2D eigenvalue weighted by molar-refractivity contribution is 6.53. The van der Waals surface area contributed by atoms with E-state index in [4.69, 9.17) is 58.0 Å². The lowest BCUT2D eigenvalue weighted by atomic mass is 10.1. The zero-order valence-corrected chi connectivity index (χ0v) is 21.5. The third-order valence-corrected chi connectivity index (χ3v) is 7.22. The van der Waals surface area contributed by atoms with Gasteiger partial charge in [-0.05, 0) is 60.2 Å². The number of alkyl halides is 5. The van der Waals surface area contributed by atoms with Crippen LogP contribution in [0.25, 0.3) is 0 Å². The van der Waals surface area contributed by atoms with Crippen LogP contribution in [-0.4, -0.2) is 16.1 Å². The van der Waals surface area contributed by atoms with Crippen LogP contribution >= 0.6 is 58.0 Å². The summed E-state index contributed by atoms with van der Waals surface area (Å²) in [5.41, 5.74) is -0.252. The smallest absolute Gasteiger partial charge is 0.326 e. The second-order valence-electron chi connectivity index (χ2n) is 8.05. The summed E-state index contributed by atoms with van der Waals surface area (Å²) in [6, 6.07) is 13.0. The normalized spacial score (nSPS) is 18.4. The number of hydrogen-bond donors (Lipinski definition) is 2. The van der Waals surface area contributed by atoms with Crippen LogP contribution in [0.5, 0.6) is 0 Å². The summed E-state index contributed by atoms with van der Waals surface area (Å²) in [7, 11) is 0. The molecule has 0 heterocycles. The fraction of sp³-hybridized carbons (Fsp3) is 0.167. The number of hydrogen-bond acceptors (Lipinski definition) is 2. The van der Waals surface area contributed by atoms with Gasteiger partial charge in [0.05, 0.1) is 22.2 Å². The van der Waals surface area contributed by atoms with Crippen LogP contribution in [0.15, 0.2) is 60.7 Å². The number of rotatable bonds is 5. The molecular formula is C24H14Cl5F3N2O2. The first-order valence-corrected chi connectivity index (χ1v) is 12.1. The van der Waals surface area contributed by atoms with E-state index in [1.54, 1.807) is 12.1 Å². The highest BCUT2D eigenvalue weighted by atomic mass is 35.5. The molecule has 3 aromatic rings. The number of amides is 2. The molecule has 3 aromatic carbocycles. The number of anilines is 2. The Bertz CT molecular complexity index is 1340. The molecule has 0 aromatic heterocycles. The molecule has 0 spiro atoms. The Morgan fingerprint density at radius 2 is 1.53 bits per heavy atom. The average Bonchev–Trinajstić information content (AvgIpc) is 3.37. The predicted octanol–water partition coefficient (Wildman–Crippen LogP) is 8.44. The Morgan fingerprint density at radius 1 is 0.861 bits per heavy atom. The molecule has 2 atom stereocenters. The average molecular weight is 597 g/mol. The van der Waals surface area contributed by atoms with E-state index in [2.05, 4.69) is 10.6 Å². The topological polar surface area (TPSA) is 58.2 Å². The van der Waals surface area contributed by atoms with E-state index >= 15 is 0 Å². The van der Waals surface area contributed by atoms with Gasteiger partial charge in [0.25, 0.3) is 5.91 Å². The standard InChI is InChI=1S/C24H14Cl5F3N2O2/c25-14-7-12(8-15(26)9-14)19-20(23(19,28)29)22(36)33-16-4-5-17(27)18(10-16)34-21(35)11-2-1-3-13(6-11)24(30,31)32/h1-10,19-20H,(H,33,36)(H,34,35)/t19-,20+/m0/s1. The van der Waals surface area contributed by atoms with Crippen LogP contribution in [0.2, 0.25) is 15.1 Å². The maximum atomic E-state index is 13.0. The van der Waals surface area contributed by atoms with E-state index < -0.39 is 39.7 Å². The molecule has 2 N–H and O–H groups in total. The summed E-state index contributed by atoms with van der Waals surface area (Å²) in [4.78, 5) is 25.5. The summed E-state index contributed by atoms with van der Waals surface area (Å²) >= 11 is 31.0. The minimum absolute atomic E-state index is 0.0776. The molecule has 1 saturated carbocycles. The molecule has 0 unspecified atom stereocenters. The van der Waals surface area contributed by atoms with Gasteiger partial charge in [-0.2, -0.15) is 13.2 Å². The summed E-state index contributed by atoms with van der Waals surface area (Å²) in [5.74, 6) is -2.70. The molecule has 1 aliphatic rings. The first-order chi connectivity index (χ1) is 16.8. The number of halogens is 8. The SMILES string of the molecule is O=C(Nc1cc(NC(=O)[C@H]2[C@H](c3cc(Cl)cc(Cl)c3)C2(Cl)Cl)ccc1Cl)c1cccc(C(F)(F)F)c1. The number of benzene rings is 3. The van der Waals surface area contributed by atoms with Crippen LogP contribution in [0.1, 0.15) is 27.4 Å². The third kappa shape index (κ3) is 5.71. The van der Waals surface area contributed by atoms with Crippen molar-refractivity contribution in [2.45, 2.75) is 16.4 Å². The minimum atomic E-state index is -4.60. The molecule has 0 aliphatic heterocycles. The van der Waals surface area contributed by atoms with Crippen LogP contribution in [-0.2, 0) is 11.0 Å². The lowest BCUT2D eigenvalue weighted by Gasteiger charge is -2.12. The molecule has 1 fully saturated rings. The maximum absolute atomic E-state index is 13.0. The van der Waals surface area contributed by atoms with Crippen LogP contribution < -0.4 is 10.6 Å². The van der Waals surface area contributed by atoms with Gasteiger partial charge < -0.3 is 10.6 Å². The van der Waals surface area contributed by atoms with Crippen molar-refractivity contribution in [3.05, 3.63) is 92.4 Å². The largest absolute Gasteiger partial charge is 0.416 e. The van der Waals surface area contributed by atoms with Crippen molar-refractivity contribution in [3.63, 3.8) is 0 Å². The molecule has 0 saturated heterocycles. The predicted molar refractivity (Wildman–Crippen MR) is 137 cm³/mol. The molecule has 1 aliphatic carbocycles. The van der Waals surface area contributed by atoms with Crippen molar-refractivity contribution in [2.75, 3.05) is 10.6 Å². The molecule has 36 heavy (non-hydrogen) atoms. The Labute approximate surface area is 228 Å². The summed E-state index contributed by atoms with van der Waals surface area (Å²) in [6.07, 6.45) is -4.60. The fourth-order valence-corrected chi connectivity index (χ4v) is 5.31. The minimum Gasteiger partial charge on any atom is -0.326 e. The maximum Gasteiger partial charge on any atom is 0.416 e. The van der Waals surface area contributed by atoms with Gasteiger partial charge >= 0.3 is 6.18 Å². The second kappa shape index (κ2) is 9.95. The number of nitrogens with one attached hydrogen (secondary N) is 2. The summed E-state index contributed by atoms with van der Waals surface area (Å²) in [5, 5.41) is 5.96. The summed E-state index contributed by atoms with van der Waals surface area (Å²) in [6.45, 7) is 0. The van der Waals surface area contributed by atoms with Crippen molar-refractivity contribution in [3.8, 4) is 0 Å². The Hall–Kier alpha value is -2.16. The number of carbonyl (C=O) groups excluding carboxylic acids is 2. The summed E-state index contributed by atoms with van der Waals surface area (Å²) < 4.78 is 37.5. The molecule has 2 amide bonds. The van der Waals surface area contributed by atoms with E-state index in [0.29, 0.717) is 15.6 Å². The first kappa shape index (κ1) is 26.9. The Morgan fingerprint density at radius 3 is 2.17 bits per heavy atom. The molecular weight excluding hydrogens is 583 g/mol. The molecule has 0 radical (unpaired) electrons. The van der Waals surface area contributed by atoms with Gasteiger partial charge in [0, 0.05) is 27.2 Å². The molecule has 188 valence electrons. The third-order valence-electron chi connectivity index (χ3n) is 5.51. The highest BCUT2D eigenvalue weighted by Crippen LogP contribution is 2.65. The van der Waals surface area contributed by atoms with E-state index in [0.717, 1.165) is 18.2 Å².